The molecule has 6 rings (SSSR count). The first-order chi connectivity index (χ1) is 24.7. The smallest absolute Gasteiger partial charge is 0.306 e. The molecule has 1 N–H and O–H groups in total. The normalized spacial score (nSPS) is 41.2. The van der Waals surface area contributed by atoms with Gasteiger partial charge in [-0.2, -0.15) is 0 Å². The molecule has 0 aromatic rings. The molecule has 6 heteroatoms. The van der Waals surface area contributed by atoms with Crippen molar-refractivity contribution in [2.24, 2.45) is 62.1 Å². The van der Waals surface area contributed by atoms with Gasteiger partial charge in [-0.3, -0.25) is 9.59 Å². The second kappa shape index (κ2) is 15.5. The summed E-state index contributed by atoms with van der Waals surface area (Å²) in [5, 5.41) is 9.36. The number of carboxylic acids is 1. The van der Waals surface area contributed by atoms with Gasteiger partial charge in [0.05, 0.1) is 12.8 Å². The standard InChI is InChI=1S/C45H76N2O4.C2H6/c1-30(2)32-14-21-45(24-27-47-25-17-31(18-26-47)46(10)11)23-22-43(8)33(39(32)45)12-13-35-42(7)19-16-36(41(5,6)34(42)15-20-44(35,43)9)51-38(50)29-40(3,4)28-37(48)49;1-2/h31-36,39H,1,12-29H2,2-11H3,(H,48,49);1-2H3/t32-,33+,34?,35?,36?,39?,42-,43+,44+,45+;/m0./s1. The molecule has 5 saturated carbocycles. The molecule has 53 heavy (non-hydrogen) atoms. The first-order valence-electron chi connectivity index (χ1n) is 22.1. The number of esters is 1. The van der Waals surface area contributed by atoms with Crippen molar-refractivity contribution in [3.05, 3.63) is 12.2 Å². The van der Waals surface area contributed by atoms with E-state index in [0.29, 0.717) is 34.0 Å². The Morgan fingerprint density at radius 3 is 2.09 bits per heavy atom. The Hall–Kier alpha value is -1.40. The molecule has 1 saturated heterocycles. The second-order valence-corrected chi connectivity index (χ2v) is 21.6. The highest BCUT2D eigenvalue weighted by Gasteiger charge is 2.71. The quantitative estimate of drug-likeness (QED) is 0.178. The van der Waals surface area contributed by atoms with E-state index in [0.717, 1.165) is 30.7 Å². The fraction of sp³-hybridized carbons (Fsp3) is 0.915. The van der Waals surface area contributed by atoms with E-state index in [4.69, 9.17) is 4.74 Å². The molecular formula is C47H82N2O4. The molecule has 1 heterocycles. The van der Waals surface area contributed by atoms with E-state index in [1.54, 1.807) is 0 Å². The van der Waals surface area contributed by atoms with Gasteiger partial charge in [0.1, 0.15) is 6.10 Å². The molecule has 4 unspecified atom stereocenters. The first kappa shape index (κ1) is 42.7. The van der Waals surface area contributed by atoms with Crippen LogP contribution in [0.2, 0.25) is 0 Å². The molecule has 6 nitrogen and oxygen atoms in total. The molecule has 1 aliphatic heterocycles. The fourth-order valence-electron chi connectivity index (χ4n) is 15.0. The Bertz CT molecular complexity index is 1330. The minimum absolute atomic E-state index is 0.0259. The number of carbonyl (C=O) groups excluding carboxylic acids is 1. The number of hydrogen-bond acceptors (Lipinski definition) is 5. The number of hydrogen-bond donors (Lipinski definition) is 1. The van der Waals surface area contributed by atoms with E-state index >= 15 is 0 Å². The summed E-state index contributed by atoms with van der Waals surface area (Å²) in [5.41, 5.74) is 2.07. The predicted molar refractivity (Wildman–Crippen MR) is 219 cm³/mol. The highest BCUT2D eigenvalue weighted by molar-refractivity contribution is 5.73. The van der Waals surface area contributed by atoms with Crippen molar-refractivity contribution >= 4 is 11.9 Å². The molecule has 5 aliphatic carbocycles. The highest BCUT2D eigenvalue weighted by Crippen LogP contribution is 2.78. The van der Waals surface area contributed by atoms with Crippen molar-refractivity contribution in [2.75, 3.05) is 33.7 Å². The predicted octanol–water partition coefficient (Wildman–Crippen LogP) is 10.9. The third-order valence-electron chi connectivity index (χ3n) is 17.9. The van der Waals surface area contributed by atoms with Crippen LogP contribution in [-0.4, -0.2) is 72.7 Å². The van der Waals surface area contributed by atoms with Gasteiger partial charge in [0.2, 0.25) is 0 Å². The minimum Gasteiger partial charge on any atom is -0.481 e. The van der Waals surface area contributed by atoms with Crippen LogP contribution in [0.3, 0.4) is 0 Å². The summed E-state index contributed by atoms with van der Waals surface area (Å²) < 4.78 is 6.31. The number of carbonyl (C=O) groups is 2. The number of ether oxygens (including phenoxy) is 1. The number of allylic oxidation sites excluding steroid dienone is 1. The third-order valence-corrected chi connectivity index (χ3v) is 17.9. The lowest BCUT2D eigenvalue weighted by atomic mass is 9.32. The van der Waals surface area contributed by atoms with Gasteiger partial charge in [-0.1, -0.05) is 74.5 Å². The van der Waals surface area contributed by atoms with Crippen LogP contribution in [0.25, 0.3) is 0 Å². The molecule has 304 valence electrons. The lowest BCUT2D eigenvalue weighted by Gasteiger charge is -2.73. The zero-order valence-corrected chi connectivity index (χ0v) is 36.5. The summed E-state index contributed by atoms with van der Waals surface area (Å²) in [4.78, 5) is 29.9. The van der Waals surface area contributed by atoms with Crippen LogP contribution in [0.15, 0.2) is 12.2 Å². The molecule has 0 aromatic carbocycles. The Labute approximate surface area is 326 Å². The van der Waals surface area contributed by atoms with Crippen LogP contribution >= 0.6 is 0 Å². The Morgan fingerprint density at radius 2 is 1.49 bits per heavy atom. The number of nitrogens with zero attached hydrogens (tertiary/aromatic N) is 2. The molecule has 10 atom stereocenters. The van der Waals surface area contributed by atoms with Crippen LogP contribution in [0, 0.1) is 62.1 Å². The minimum atomic E-state index is -0.863. The van der Waals surface area contributed by atoms with E-state index in [1.165, 1.54) is 95.8 Å². The van der Waals surface area contributed by atoms with Crippen molar-refractivity contribution in [2.45, 2.75) is 178 Å². The summed E-state index contributed by atoms with van der Waals surface area (Å²) in [7, 11) is 4.50. The molecule has 0 radical (unpaired) electrons. The van der Waals surface area contributed by atoms with Crippen LogP contribution in [0.5, 0.6) is 0 Å². The molecule has 6 aliphatic rings. The second-order valence-electron chi connectivity index (χ2n) is 21.6. The summed E-state index contributed by atoms with van der Waals surface area (Å²) >= 11 is 0. The Morgan fingerprint density at radius 1 is 0.830 bits per heavy atom. The fourth-order valence-corrected chi connectivity index (χ4v) is 15.0. The van der Waals surface area contributed by atoms with Gasteiger partial charge in [-0.25, -0.2) is 0 Å². The molecule has 0 bridgehead atoms. The number of aliphatic carboxylic acids is 1. The maximum absolute atomic E-state index is 13.3. The zero-order valence-electron chi connectivity index (χ0n) is 36.5. The van der Waals surface area contributed by atoms with Gasteiger partial charge >= 0.3 is 11.9 Å². The average Bonchev–Trinajstić information content (AvgIpc) is 3.46. The van der Waals surface area contributed by atoms with Gasteiger partial charge in [0.25, 0.3) is 0 Å². The third kappa shape index (κ3) is 7.58. The summed E-state index contributed by atoms with van der Waals surface area (Å²) in [6, 6.07) is 0.744. The number of fused-ring (bicyclic) bond motifs is 7. The van der Waals surface area contributed by atoms with Gasteiger partial charge in [-0.05, 0) is 181 Å². The van der Waals surface area contributed by atoms with E-state index in [9.17, 15) is 14.7 Å². The highest BCUT2D eigenvalue weighted by atomic mass is 16.5. The maximum Gasteiger partial charge on any atom is 0.306 e. The van der Waals surface area contributed by atoms with Crippen molar-refractivity contribution in [1.82, 2.24) is 9.80 Å². The SMILES string of the molecule is C=C(C)[C@@H]1CC[C@]2(CCN3CCC(N(C)C)CC3)CC[C@]3(C)[C@H](CCC4[C@@]5(C)CCC(OC(=O)CC(C)(C)CC(=O)O)C(C)(C)C5CC[C@]43C)C12.CC. The molecule has 0 aromatic heterocycles. The van der Waals surface area contributed by atoms with Gasteiger partial charge in [0.15, 0.2) is 0 Å². The van der Waals surface area contributed by atoms with Crippen LogP contribution in [0.1, 0.15) is 166 Å². The van der Waals surface area contributed by atoms with Crippen molar-refractivity contribution in [3.8, 4) is 0 Å². The number of piperidine rings is 1. The van der Waals surface area contributed by atoms with Gasteiger partial charge < -0.3 is 19.6 Å². The van der Waals surface area contributed by atoms with E-state index in [-0.39, 0.29) is 35.7 Å². The van der Waals surface area contributed by atoms with Crippen molar-refractivity contribution in [3.63, 3.8) is 0 Å². The monoisotopic (exact) mass is 739 g/mol. The molecule has 0 amide bonds. The number of carboxylic acid groups (broad SMARTS) is 1. The lowest BCUT2D eigenvalue weighted by molar-refractivity contribution is -0.250. The van der Waals surface area contributed by atoms with Gasteiger partial charge in [0, 0.05) is 11.5 Å². The Kier molecular flexibility index (Phi) is 12.5. The topological polar surface area (TPSA) is 70.1 Å². The first-order valence-corrected chi connectivity index (χ1v) is 22.1. The van der Waals surface area contributed by atoms with Crippen LogP contribution in [-0.2, 0) is 14.3 Å². The van der Waals surface area contributed by atoms with E-state index in [2.05, 4.69) is 72.0 Å². The van der Waals surface area contributed by atoms with Crippen LogP contribution in [0.4, 0.5) is 0 Å². The molecular weight excluding hydrogens is 657 g/mol. The lowest BCUT2D eigenvalue weighted by Crippen LogP contribution is -2.66. The van der Waals surface area contributed by atoms with Crippen molar-refractivity contribution in [1.29, 1.82) is 0 Å². The number of likely N-dealkylation sites (tertiary alicyclic amines) is 1. The molecule has 0 spiro atoms. The van der Waals surface area contributed by atoms with Gasteiger partial charge in [-0.15, -0.1) is 0 Å². The average molecular weight is 739 g/mol. The van der Waals surface area contributed by atoms with E-state index < -0.39 is 11.4 Å². The summed E-state index contributed by atoms with van der Waals surface area (Å²) in [5.74, 6) is 2.32. The maximum atomic E-state index is 13.3. The summed E-state index contributed by atoms with van der Waals surface area (Å²) in [6.45, 7) is 31.4. The largest absolute Gasteiger partial charge is 0.481 e. The van der Waals surface area contributed by atoms with Crippen molar-refractivity contribution < 1.29 is 19.4 Å². The van der Waals surface area contributed by atoms with E-state index in [1.807, 2.05) is 27.7 Å². The van der Waals surface area contributed by atoms with Crippen LogP contribution < -0.4 is 0 Å². The summed E-state index contributed by atoms with van der Waals surface area (Å²) in [6.07, 6.45) is 16.7. The number of rotatable bonds is 10. The Balaban J connectivity index is 0.00000266. The molecule has 6 fully saturated rings. The zero-order chi connectivity index (χ0) is 39.4.